The molecule has 0 unspecified atom stereocenters. The van der Waals surface area contributed by atoms with Gasteiger partial charge in [-0.25, -0.2) is 4.68 Å². The van der Waals surface area contributed by atoms with Crippen LogP contribution in [0.25, 0.3) is 16.4 Å². The van der Waals surface area contributed by atoms with Crippen molar-refractivity contribution in [1.29, 1.82) is 0 Å². The van der Waals surface area contributed by atoms with Gasteiger partial charge in [0.25, 0.3) is 5.56 Å². The minimum absolute atomic E-state index is 0.110. The van der Waals surface area contributed by atoms with Gasteiger partial charge in [-0.05, 0) is 19.1 Å². The number of aromatic nitrogens is 3. The molecule has 0 aliphatic rings. The number of ether oxygens (including phenoxy) is 1. The average Bonchev–Trinajstić information content (AvgIpc) is 2.93. The molecule has 0 bridgehead atoms. The molecule has 0 saturated carbocycles. The van der Waals surface area contributed by atoms with E-state index in [2.05, 4.69) is 10.4 Å². The monoisotopic (exact) mass is 314 g/mol. The summed E-state index contributed by atoms with van der Waals surface area (Å²) in [4.78, 5) is 24.5. The molecule has 1 aromatic carbocycles. The van der Waals surface area contributed by atoms with Crippen LogP contribution in [0.2, 0.25) is 0 Å². The van der Waals surface area contributed by atoms with Crippen molar-refractivity contribution in [2.24, 2.45) is 0 Å². The summed E-state index contributed by atoms with van der Waals surface area (Å²) in [6.45, 7) is 2.54. The fourth-order valence-electron chi connectivity index (χ4n) is 2.65. The van der Waals surface area contributed by atoms with Crippen LogP contribution in [-0.4, -0.2) is 40.3 Å². The number of benzene rings is 1. The number of nitrogens with one attached hydrogen (secondary N) is 1. The number of carbonyl (C=O) groups excluding carboxylic acids is 1. The van der Waals surface area contributed by atoms with Crippen LogP contribution in [0.1, 0.15) is 5.82 Å². The lowest BCUT2D eigenvalue weighted by Crippen LogP contribution is -2.36. The Morgan fingerprint density at radius 1 is 1.30 bits per heavy atom. The van der Waals surface area contributed by atoms with E-state index in [0.29, 0.717) is 24.5 Å². The maximum atomic E-state index is 12.6. The molecule has 7 nitrogen and oxygen atoms in total. The van der Waals surface area contributed by atoms with Crippen molar-refractivity contribution < 1.29 is 9.53 Å². The van der Waals surface area contributed by atoms with Crippen LogP contribution in [0.4, 0.5) is 0 Å². The second-order valence-electron chi connectivity index (χ2n) is 5.28. The minimum Gasteiger partial charge on any atom is -0.383 e. The van der Waals surface area contributed by atoms with Crippen molar-refractivity contribution >= 4 is 22.3 Å². The molecular weight excluding hydrogens is 296 g/mol. The highest BCUT2D eigenvalue weighted by Gasteiger charge is 2.13. The first kappa shape index (κ1) is 15.2. The highest BCUT2D eigenvalue weighted by atomic mass is 16.5. The Bertz CT molecular complexity index is 926. The molecule has 2 heterocycles. The lowest BCUT2D eigenvalue weighted by molar-refractivity contribution is -0.122. The number of amides is 1. The third kappa shape index (κ3) is 2.83. The molecule has 1 amide bonds. The van der Waals surface area contributed by atoms with Gasteiger partial charge in [-0.2, -0.15) is 5.10 Å². The lowest BCUT2D eigenvalue weighted by atomic mass is 10.2. The standard InChI is InChI=1S/C16H18N4O3/c1-11-18-19(10-15(21)17-7-8-23-2)16(22)14-9-12-5-3-4-6-13(12)20(11)14/h3-6,9H,7-8,10H2,1-2H3,(H,17,21). The van der Waals surface area contributed by atoms with Crippen molar-refractivity contribution in [2.45, 2.75) is 13.5 Å². The largest absolute Gasteiger partial charge is 0.383 e. The number of hydrogen-bond acceptors (Lipinski definition) is 4. The van der Waals surface area contributed by atoms with E-state index in [4.69, 9.17) is 4.74 Å². The summed E-state index contributed by atoms with van der Waals surface area (Å²) in [5.74, 6) is 0.391. The van der Waals surface area contributed by atoms with Crippen LogP contribution in [0.15, 0.2) is 35.1 Å². The topological polar surface area (TPSA) is 77.6 Å². The van der Waals surface area contributed by atoms with E-state index in [9.17, 15) is 9.59 Å². The van der Waals surface area contributed by atoms with Gasteiger partial charge in [0, 0.05) is 19.0 Å². The second-order valence-corrected chi connectivity index (χ2v) is 5.28. The summed E-state index contributed by atoms with van der Waals surface area (Å²) >= 11 is 0. The van der Waals surface area contributed by atoms with E-state index < -0.39 is 0 Å². The smallest absolute Gasteiger partial charge is 0.291 e. The number of aryl methyl sites for hydroxylation is 1. The second kappa shape index (κ2) is 6.21. The Balaban J connectivity index is 2.00. The number of methoxy groups -OCH3 is 1. The maximum absolute atomic E-state index is 12.6. The quantitative estimate of drug-likeness (QED) is 0.704. The molecule has 0 saturated heterocycles. The molecule has 0 aliphatic carbocycles. The lowest BCUT2D eigenvalue weighted by Gasteiger charge is -2.09. The number of rotatable bonds is 5. The molecular formula is C16H18N4O3. The third-order valence-corrected chi connectivity index (χ3v) is 3.68. The van der Waals surface area contributed by atoms with Crippen LogP contribution in [0, 0.1) is 6.92 Å². The molecule has 2 aromatic heterocycles. The number of para-hydroxylation sites is 1. The van der Waals surface area contributed by atoms with Gasteiger partial charge in [-0.3, -0.25) is 14.0 Å². The Labute approximate surface area is 132 Å². The van der Waals surface area contributed by atoms with Crippen LogP contribution in [0.3, 0.4) is 0 Å². The Kier molecular flexibility index (Phi) is 4.12. The van der Waals surface area contributed by atoms with Crippen LogP contribution in [-0.2, 0) is 16.1 Å². The molecule has 120 valence electrons. The first-order chi connectivity index (χ1) is 11.1. The molecule has 0 aliphatic heterocycles. The summed E-state index contributed by atoms with van der Waals surface area (Å²) in [6.07, 6.45) is 0. The predicted octanol–water partition coefficient (Wildman–Crippen LogP) is 0.720. The van der Waals surface area contributed by atoms with E-state index in [1.54, 1.807) is 7.11 Å². The molecule has 0 radical (unpaired) electrons. The Morgan fingerprint density at radius 2 is 2.09 bits per heavy atom. The number of fused-ring (bicyclic) bond motifs is 3. The average molecular weight is 314 g/mol. The van der Waals surface area contributed by atoms with Crippen molar-refractivity contribution in [3.63, 3.8) is 0 Å². The minimum atomic E-state index is -0.284. The summed E-state index contributed by atoms with van der Waals surface area (Å²) in [5, 5.41) is 7.92. The van der Waals surface area contributed by atoms with Crippen LogP contribution in [0.5, 0.6) is 0 Å². The zero-order chi connectivity index (χ0) is 16.4. The van der Waals surface area contributed by atoms with Crippen molar-refractivity contribution in [2.75, 3.05) is 20.3 Å². The van der Waals surface area contributed by atoms with Gasteiger partial charge < -0.3 is 10.1 Å². The first-order valence-corrected chi connectivity index (χ1v) is 7.35. The highest BCUT2D eigenvalue weighted by molar-refractivity contribution is 5.87. The van der Waals surface area contributed by atoms with Gasteiger partial charge in [-0.15, -0.1) is 0 Å². The maximum Gasteiger partial charge on any atom is 0.291 e. The predicted molar refractivity (Wildman–Crippen MR) is 86.6 cm³/mol. The van der Waals surface area contributed by atoms with Gasteiger partial charge in [0.1, 0.15) is 17.9 Å². The molecule has 1 N–H and O–H groups in total. The normalized spacial score (nSPS) is 11.2. The Morgan fingerprint density at radius 3 is 2.87 bits per heavy atom. The molecule has 0 fully saturated rings. The molecule has 23 heavy (non-hydrogen) atoms. The summed E-state index contributed by atoms with van der Waals surface area (Å²) in [5.41, 5.74) is 1.17. The van der Waals surface area contributed by atoms with Gasteiger partial charge in [0.15, 0.2) is 0 Å². The van der Waals surface area contributed by atoms with Crippen molar-refractivity contribution in [3.8, 4) is 0 Å². The number of carbonyl (C=O) groups is 1. The molecule has 3 aromatic rings. The van der Waals surface area contributed by atoms with Crippen LogP contribution < -0.4 is 10.9 Å². The fraction of sp³-hybridized carbons (Fsp3) is 0.312. The summed E-state index contributed by atoms with van der Waals surface area (Å²) < 4.78 is 7.89. The SMILES string of the molecule is COCCNC(=O)Cn1nc(C)n2c(cc3ccccc32)c1=O. The molecule has 7 heteroatoms. The van der Waals surface area contributed by atoms with Gasteiger partial charge in [0.2, 0.25) is 5.91 Å². The molecule has 0 atom stereocenters. The van der Waals surface area contributed by atoms with E-state index in [0.717, 1.165) is 10.9 Å². The molecule has 3 rings (SSSR count). The summed E-state index contributed by atoms with van der Waals surface area (Å²) in [6, 6.07) is 9.56. The van der Waals surface area contributed by atoms with E-state index >= 15 is 0 Å². The van der Waals surface area contributed by atoms with Gasteiger partial charge in [-0.1, -0.05) is 18.2 Å². The van der Waals surface area contributed by atoms with Gasteiger partial charge >= 0.3 is 0 Å². The van der Waals surface area contributed by atoms with E-state index in [1.165, 1.54) is 4.68 Å². The Hall–Kier alpha value is -2.67. The summed E-state index contributed by atoms with van der Waals surface area (Å²) in [7, 11) is 1.56. The van der Waals surface area contributed by atoms with Gasteiger partial charge in [0.05, 0.1) is 12.1 Å². The zero-order valence-corrected chi connectivity index (χ0v) is 13.1. The molecule has 0 spiro atoms. The number of nitrogens with zero attached hydrogens (tertiary/aromatic N) is 3. The zero-order valence-electron chi connectivity index (χ0n) is 13.1. The number of hydrogen-bond donors (Lipinski definition) is 1. The third-order valence-electron chi connectivity index (χ3n) is 3.68. The van der Waals surface area contributed by atoms with Crippen molar-refractivity contribution in [3.05, 3.63) is 46.5 Å². The first-order valence-electron chi connectivity index (χ1n) is 7.35. The highest BCUT2D eigenvalue weighted by Crippen LogP contribution is 2.18. The van der Waals surface area contributed by atoms with Crippen LogP contribution >= 0.6 is 0 Å². The fourth-order valence-corrected chi connectivity index (χ4v) is 2.65. The van der Waals surface area contributed by atoms with Crippen molar-refractivity contribution in [1.82, 2.24) is 19.5 Å². The van der Waals surface area contributed by atoms with E-state index in [-0.39, 0.29) is 18.0 Å². The van der Waals surface area contributed by atoms with E-state index in [1.807, 2.05) is 41.7 Å².